The molecule has 0 radical (unpaired) electrons. The molecule has 0 spiro atoms. The van der Waals surface area contributed by atoms with Crippen LogP contribution in [0.15, 0.2) is 53.3 Å². The summed E-state index contributed by atoms with van der Waals surface area (Å²) in [6.45, 7) is 1.86. The first-order chi connectivity index (χ1) is 14.4. The van der Waals surface area contributed by atoms with Crippen LogP contribution < -0.4 is 21.5 Å². The lowest BCUT2D eigenvalue weighted by Gasteiger charge is -2.24. The van der Waals surface area contributed by atoms with E-state index in [2.05, 4.69) is 25.9 Å². The molecule has 8 nitrogen and oxygen atoms in total. The molecule has 4 N–H and O–H groups in total. The molecule has 1 aromatic heterocycles. The molecule has 4 rings (SSSR count). The fourth-order valence-corrected chi connectivity index (χ4v) is 3.38. The first-order valence-corrected chi connectivity index (χ1v) is 9.61. The van der Waals surface area contributed by atoms with Crippen molar-refractivity contribution in [2.45, 2.75) is 19.3 Å². The number of aryl methyl sites for hydroxylation is 1. The smallest absolute Gasteiger partial charge is 0.258 e. The highest BCUT2D eigenvalue weighted by Crippen LogP contribution is 2.30. The quantitative estimate of drug-likeness (QED) is 0.512. The van der Waals surface area contributed by atoms with Crippen molar-refractivity contribution in [3.8, 4) is 0 Å². The second-order valence-corrected chi connectivity index (χ2v) is 7.35. The molecule has 0 saturated carbocycles. The van der Waals surface area contributed by atoms with Crippen molar-refractivity contribution in [1.29, 1.82) is 0 Å². The lowest BCUT2D eigenvalue weighted by molar-refractivity contribution is -0.123. The molecule has 0 saturated heterocycles. The van der Waals surface area contributed by atoms with Gasteiger partial charge in [0, 0.05) is 22.8 Å². The van der Waals surface area contributed by atoms with E-state index in [1.165, 1.54) is 0 Å². The van der Waals surface area contributed by atoms with E-state index < -0.39 is 17.4 Å². The minimum absolute atomic E-state index is 0.0661. The van der Waals surface area contributed by atoms with E-state index in [1.807, 2.05) is 19.1 Å². The Kier molecular flexibility index (Phi) is 5.24. The number of nitrogens with one attached hydrogen (secondary N) is 4. The van der Waals surface area contributed by atoms with E-state index in [-0.39, 0.29) is 29.7 Å². The Morgan fingerprint density at radius 3 is 2.60 bits per heavy atom. The van der Waals surface area contributed by atoms with Crippen molar-refractivity contribution in [3.05, 3.63) is 75.0 Å². The summed E-state index contributed by atoms with van der Waals surface area (Å²) in [6, 6.07) is 14.1. The molecule has 0 aliphatic carbocycles. The lowest BCUT2D eigenvalue weighted by atomic mass is 9.92. The molecule has 1 aliphatic rings. The van der Waals surface area contributed by atoms with Crippen molar-refractivity contribution in [2.24, 2.45) is 0 Å². The molecule has 0 fully saturated rings. The summed E-state index contributed by atoms with van der Waals surface area (Å²) in [5.74, 6) is -1.57. The monoisotopic (exact) mass is 423 g/mol. The normalized spacial score (nSPS) is 15.1. The number of nitrogens with zero attached hydrogens (tertiary/aromatic N) is 1. The van der Waals surface area contributed by atoms with Crippen LogP contribution in [0.5, 0.6) is 0 Å². The van der Waals surface area contributed by atoms with Gasteiger partial charge in [-0.2, -0.15) is 4.98 Å². The number of carbonyl (C=O) groups is 2. The van der Waals surface area contributed by atoms with Gasteiger partial charge in [0.05, 0.1) is 11.5 Å². The van der Waals surface area contributed by atoms with Gasteiger partial charge in [-0.05, 0) is 42.8 Å². The highest BCUT2D eigenvalue weighted by molar-refractivity contribution is 6.30. The van der Waals surface area contributed by atoms with Gasteiger partial charge in [-0.15, -0.1) is 0 Å². The zero-order valence-electron chi connectivity index (χ0n) is 16.0. The van der Waals surface area contributed by atoms with Gasteiger partial charge >= 0.3 is 0 Å². The third kappa shape index (κ3) is 4.04. The minimum atomic E-state index is -0.950. The van der Waals surface area contributed by atoms with Crippen LogP contribution in [0.4, 0.5) is 23.1 Å². The second kappa shape index (κ2) is 8.00. The highest BCUT2D eigenvalue weighted by atomic mass is 35.5. The van der Waals surface area contributed by atoms with E-state index in [9.17, 15) is 14.4 Å². The number of anilines is 4. The SMILES string of the molecule is Cc1ccccc1NC(=O)C1CC(=O)Nc2nc(Nc3ccc(Cl)cc3)[nH]c(=O)c21. The maximum Gasteiger partial charge on any atom is 0.258 e. The van der Waals surface area contributed by atoms with Crippen LogP contribution in [0.3, 0.4) is 0 Å². The van der Waals surface area contributed by atoms with Crippen LogP contribution in [-0.4, -0.2) is 21.8 Å². The summed E-state index contributed by atoms with van der Waals surface area (Å²) in [4.78, 5) is 44.8. The van der Waals surface area contributed by atoms with Gasteiger partial charge in [0.15, 0.2) is 0 Å². The molecule has 2 amide bonds. The van der Waals surface area contributed by atoms with Crippen LogP contribution in [-0.2, 0) is 9.59 Å². The summed E-state index contributed by atoms with van der Waals surface area (Å²) in [5, 5.41) is 8.91. The Labute approximate surface area is 176 Å². The number of benzene rings is 2. The number of halogens is 1. The molecular weight excluding hydrogens is 406 g/mol. The largest absolute Gasteiger partial charge is 0.326 e. The zero-order chi connectivity index (χ0) is 21.3. The van der Waals surface area contributed by atoms with Gasteiger partial charge in [-0.1, -0.05) is 29.8 Å². The maximum absolute atomic E-state index is 12.9. The molecule has 2 heterocycles. The third-order valence-corrected chi connectivity index (χ3v) is 5.03. The third-order valence-electron chi connectivity index (χ3n) is 4.78. The molecule has 1 unspecified atom stereocenters. The first kappa shape index (κ1) is 19.7. The number of fused-ring (bicyclic) bond motifs is 1. The Balaban J connectivity index is 1.64. The van der Waals surface area contributed by atoms with Gasteiger partial charge < -0.3 is 16.0 Å². The van der Waals surface area contributed by atoms with Gasteiger partial charge in [0.25, 0.3) is 5.56 Å². The van der Waals surface area contributed by atoms with Crippen LogP contribution in [0.2, 0.25) is 5.02 Å². The van der Waals surface area contributed by atoms with Gasteiger partial charge in [-0.3, -0.25) is 19.4 Å². The summed E-state index contributed by atoms with van der Waals surface area (Å²) < 4.78 is 0. The Morgan fingerprint density at radius 2 is 1.87 bits per heavy atom. The van der Waals surface area contributed by atoms with E-state index in [0.717, 1.165) is 5.56 Å². The molecule has 1 atom stereocenters. The Bertz CT molecular complexity index is 1190. The number of rotatable bonds is 4. The number of aromatic amines is 1. The number of hydrogen-bond acceptors (Lipinski definition) is 5. The number of carbonyl (C=O) groups excluding carboxylic acids is 2. The average molecular weight is 424 g/mol. The molecule has 1 aliphatic heterocycles. The lowest BCUT2D eigenvalue weighted by Crippen LogP contribution is -2.36. The summed E-state index contributed by atoms with van der Waals surface area (Å²) in [5.41, 5.74) is 1.78. The number of aromatic nitrogens is 2. The van der Waals surface area contributed by atoms with Crippen molar-refractivity contribution in [1.82, 2.24) is 9.97 Å². The van der Waals surface area contributed by atoms with Crippen LogP contribution >= 0.6 is 11.6 Å². The second-order valence-electron chi connectivity index (χ2n) is 6.92. The fourth-order valence-electron chi connectivity index (χ4n) is 3.26. The molecule has 9 heteroatoms. The van der Waals surface area contributed by atoms with E-state index in [0.29, 0.717) is 16.4 Å². The van der Waals surface area contributed by atoms with Crippen LogP contribution in [0.25, 0.3) is 0 Å². The molecule has 0 bridgehead atoms. The van der Waals surface area contributed by atoms with Crippen molar-refractivity contribution in [3.63, 3.8) is 0 Å². The summed E-state index contributed by atoms with van der Waals surface area (Å²) >= 11 is 5.88. The molecular formula is C21H18ClN5O3. The predicted octanol–water partition coefficient (Wildman–Crippen LogP) is 3.54. The van der Waals surface area contributed by atoms with Gasteiger partial charge in [-0.25, -0.2) is 0 Å². The average Bonchev–Trinajstić information content (AvgIpc) is 2.70. The standard InChI is InChI=1S/C21H18ClN5O3/c1-11-4-2-3-5-15(11)24-19(29)14-10-16(28)25-18-17(14)20(30)27-21(26-18)23-13-8-6-12(22)7-9-13/h2-9,14H,10H2,1H3,(H,24,29)(H3,23,25,26,27,28,30). The highest BCUT2D eigenvalue weighted by Gasteiger charge is 2.34. The van der Waals surface area contributed by atoms with Gasteiger partial charge in [0.2, 0.25) is 17.8 Å². The fraction of sp³-hybridized carbons (Fsp3) is 0.143. The molecule has 152 valence electrons. The summed E-state index contributed by atoms with van der Waals surface area (Å²) in [7, 11) is 0. The van der Waals surface area contributed by atoms with E-state index in [1.54, 1.807) is 36.4 Å². The van der Waals surface area contributed by atoms with Crippen molar-refractivity contribution < 1.29 is 9.59 Å². The van der Waals surface area contributed by atoms with E-state index >= 15 is 0 Å². The van der Waals surface area contributed by atoms with Gasteiger partial charge in [0.1, 0.15) is 5.82 Å². The topological polar surface area (TPSA) is 116 Å². The minimum Gasteiger partial charge on any atom is -0.326 e. The van der Waals surface area contributed by atoms with E-state index in [4.69, 9.17) is 11.6 Å². The Morgan fingerprint density at radius 1 is 1.13 bits per heavy atom. The number of amides is 2. The van der Waals surface area contributed by atoms with Crippen LogP contribution in [0.1, 0.15) is 23.5 Å². The first-order valence-electron chi connectivity index (χ1n) is 9.24. The van der Waals surface area contributed by atoms with Crippen molar-refractivity contribution >= 4 is 46.6 Å². The number of hydrogen-bond donors (Lipinski definition) is 4. The van der Waals surface area contributed by atoms with Crippen molar-refractivity contribution in [2.75, 3.05) is 16.0 Å². The maximum atomic E-state index is 12.9. The zero-order valence-corrected chi connectivity index (χ0v) is 16.7. The molecule has 2 aromatic carbocycles. The number of H-pyrrole nitrogens is 1. The molecule has 30 heavy (non-hydrogen) atoms. The van der Waals surface area contributed by atoms with Crippen LogP contribution in [0, 0.1) is 6.92 Å². The number of para-hydroxylation sites is 1. The predicted molar refractivity (Wildman–Crippen MR) is 115 cm³/mol. The summed E-state index contributed by atoms with van der Waals surface area (Å²) in [6.07, 6.45) is -0.139. The molecule has 3 aromatic rings. The Hall–Kier alpha value is -3.65.